The van der Waals surface area contributed by atoms with Crippen LogP contribution in [-0.2, 0) is 19.7 Å². The minimum Gasteiger partial charge on any atom is -0.507 e. The van der Waals surface area contributed by atoms with E-state index in [0.717, 1.165) is 0 Å². The highest BCUT2D eigenvalue weighted by atomic mass is 16.5. The normalized spacial score (nSPS) is 29.0. The van der Waals surface area contributed by atoms with Crippen molar-refractivity contribution >= 4 is 18.0 Å². The number of aliphatic hydroxyl groups excluding tert-OH is 1. The van der Waals surface area contributed by atoms with Crippen molar-refractivity contribution in [1.82, 2.24) is 0 Å². The lowest BCUT2D eigenvalue weighted by atomic mass is 9.48. The molecule has 1 aromatic rings. The maximum Gasteiger partial charge on any atom is 0.293 e. The molecule has 4 atom stereocenters. The largest absolute Gasteiger partial charge is 0.507 e. The van der Waals surface area contributed by atoms with Crippen LogP contribution < -0.4 is 0 Å². The number of benzene rings is 1. The molecule has 158 valence electrons. The molecule has 0 radical (unpaired) electrons. The number of hydrogen-bond acceptors (Lipinski definition) is 8. The van der Waals surface area contributed by atoms with E-state index < -0.39 is 64.2 Å². The summed E-state index contributed by atoms with van der Waals surface area (Å²) in [4.78, 5) is 37.1. The Labute approximate surface area is 168 Å². The molecule has 4 N–H and O–H groups in total. The Morgan fingerprint density at radius 1 is 1.14 bits per heavy atom. The van der Waals surface area contributed by atoms with Crippen LogP contribution in [0.5, 0.6) is 17.2 Å². The summed E-state index contributed by atoms with van der Waals surface area (Å²) in [6.45, 7) is 6.52. The maximum atomic E-state index is 13.2. The van der Waals surface area contributed by atoms with Gasteiger partial charge in [0.05, 0.1) is 5.56 Å². The molecule has 0 heterocycles. The number of fused-ring (bicyclic) bond motifs is 3. The van der Waals surface area contributed by atoms with E-state index >= 15 is 0 Å². The summed E-state index contributed by atoms with van der Waals surface area (Å²) >= 11 is 0. The van der Waals surface area contributed by atoms with Crippen LogP contribution >= 0.6 is 0 Å². The first kappa shape index (κ1) is 21.1. The number of aromatic hydroxyl groups is 3. The summed E-state index contributed by atoms with van der Waals surface area (Å²) in [5, 5.41) is 41.6. The number of Topliss-reactive ketones (excluding diaryl/α,β-unsaturated/α-hetero) is 2. The Bertz CT molecular complexity index is 903. The monoisotopic (exact) mass is 406 g/mol. The van der Waals surface area contributed by atoms with Crippen molar-refractivity contribution < 1.29 is 39.5 Å². The van der Waals surface area contributed by atoms with Gasteiger partial charge < -0.3 is 25.2 Å². The molecule has 8 heteroatoms. The van der Waals surface area contributed by atoms with E-state index in [-0.39, 0.29) is 23.1 Å². The molecular formula is C21H26O8. The fourth-order valence-corrected chi connectivity index (χ4v) is 5.48. The zero-order valence-corrected chi connectivity index (χ0v) is 16.9. The SMILES string of the molecule is CC(CO)c1c(O)c(O)c2c(c1O)C(=O)C(=O)C1C2(C)CCC(OC=O)C1(C)C. The van der Waals surface area contributed by atoms with Gasteiger partial charge in [-0.15, -0.1) is 0 Å². The average Bonchev–Trinajstić information content (AvgIpc) is 2.65. The summed E-state index contributed by atoms with van der Waals surface area (Å²) in [5.74, 6) is -5.21. The summed E-state index contributed by atoms with van der Waals surface area (Å²) in [7, 11) is 0. The van der Waals surface area contributed by atoms with Gasteiger partial charge in [-0.25, -0.2) is 0 Å². The van der Waals surface area contributed by atoms with Gasteiger partial charge in [-0.3, -0.25) is 14.4 Å². The standard InChI is InChI=1S/C21H26O8/c1-9(7-22)11-14(24)12-13(17(27)15(11)25)21(4)6-5-10(29-8-23)20(2,3)19(21)18(28)16(12)26/h8-10,19,22,24-25,27H,5-7H2,1-4H3. The molecule has 0 bridgehead atoms. The summed E-state index contributed by atoms with van der Waals surface area (Å²) in [5.41, 5.74) is -2.48. The van der Waals surface area contributed by atoms with Crippen molar-refractivity contribution in [3.63, 3.8) is 0 Å². The molecule has 1 aromatic carbocycles. The van der Waals surface area contributed by atoms with Crippen LogP contribution in [0.4, 0.5) is 0 Å². The number of ketones is 2. The first-order valence-corrected chi connectivity index (χ1v) is 9.54. The minimum atomic E-state index is -1.08. The molecule has 0 aliphatic heterocycles. The quantitative estimate of drug-likeness (QED) is 0.257. The first-order chi connectivity index (χ1) is 13.4. The van der Waals surface area contributed by atoms with Crippen LogP contribution in [0.2, 0.25) is 0 Å². The van der Waals surface area contributed by atoms with Crippen LogP contribution in [0.1, 0.15) is 67.9 Å². The third kappa shape index (κ3) is 2.65. The number of hydrogen-bond donors (Lipinski definition) is 4. The number of carbonyl (C=O) groups excluding carboxylic acids is 3. The summed E-state index contributed by atoms with van der Waals surface area (Å²) < 4.78 is 5.17. The number of phenols is 3. The van der Waals surface area contributed by atoms with Crippen molar-refractivity contribution in [3.05, 3.63) is 16.7 Å². The van der Waals surface area contributed by atoms with E-state index in [4.69, 9.17) is 4.74 Å². The second-order valence-electron chi connectivity index (χ2n) is 8.92. The third-order valence-electron chi connectivity index (χ3n) is 6.87. The number of aliphatic hydroxyl groups is 1. The van der Waals surface area contributed by atoms with Crippen molar-refractivity contribution in [2.45, 2.75) is 58.0 Å². The molecule has 29 heavy (non-hydrogen) atoms. The highest BCUT2D eigenvalue weighted by molar-refractivity contribution is 6.47. The van der Waals surface area contributed by atoms with Gasteiger partial charge >= 0.3 is 0 Å². The topological polar surface area (TPSA) is 141 Å². The Morgan fingerprint density at radius 3 is 2.31 bits per heavy atom. The summed E-state index contributed by atoms with van der Waals surface area (Å²) in [6.07, 6.45) is 0.0527. The lowest BCUT2D eigenvalue weighted by Crippen LogP contribution is -2.59. The van der Waals surface area contributed by atoms with Gasteiger partial charge in [0, 0.05) is 40.4 Å². The zero-order valence-electron chi connectivity index (χ0n) is 16.9. The first-order valence-electron chi connectivity index (χ1n) is 9.54. The molecule has 4 unspecified atom stereocenters. The van der Waals surface area contributed by atoms with Gasteiger partial charge in [-0.2, -0.15) is 0 Å². The van der Waals surface area contributed by atoms with E-state index in [1.54, 1.807) is 20.8 Å². The molecule has 3 rings (SSSR count). The summed E-state index contributed by atoms with van der Waals surface area (Å²) in [6, 6.07) is 0. The molecule has 1 saturated carbocycles. The predicted molar refractivity (Wildman–Crippen MR) is 101 cm³/mol. The zero-order chi connectivity index (χ0) is 21.9. The van der Waals surface area contributed by atoms with E-state index in [1.165, 1.54) is 6.92 Å². The van der Waals surface area contributed by atoms with Crippen LogP contribution in [0.25, 0.3) is 0 Å². The van der Waals surface area contributed by atoms with Gasteiger partial charge in [-0.05, 0) is 12.8 Å². The number of phenolic OH excluding ortho intramolecular Hbond substituents is 3. The molecular weight excluding hydrogens is 380 g/mol. The predicted octanol–water partition coefficient (Wildman–Crippen LogP) is 1.90. The molecule has 0 spiro atoms. The van der Waals surface area contributed by atoms with Gasteiger partial charge in [0.2, 0.25) is 11.6 Å². The maximum absolute atomic E-state index is 13.2. The van der Waals surface area contributed by atoms with E-state index in [0.29, 0.717) is 12.9 Å². The van der Waals surface area contributed by atoms with E-state index in [9.17, 15) is 34.8 Å². The van der Waals surface area contributed by atoms with Gasteiger partial charge in [-0.1, -0.05) is 27.7 Å². The molecule has 1 fully saturated rings. The molecule has 0 saturated heterocycles. The Kier molecular flexibility index (Phi) is 4.89. The lowest BCUT2D eigenvalue weighted by Gasteiger charge is -2.54. The Morgan fingerprint density at radius 2 is 1.76 bits per heavy atom. The van der Waals surface area contributed by atoms with Crippen LogP contribution in [-0.4, -0.2) is 51.2 Å². The second-order valence-corrected chi connectivity index (χ2v) is 8.92. The molecule has 0 aromatic heterocycles. The van der Waals surface area contributed by atoms with Crippen molar-refractivity contribution in [2.24, 2.45) is 11.3 Å². The number of rotatable bonds is 4. The fourth-order valence-electron chi connectivity index (χ4n) is 5.48. The highest BCUT2D eigenvalue weighted by Gasteiger charge is 2.62. The average molecular weight is 406 g/mol. The minimum absolute atomic E-state index is 0.0219. The van der Waals surface area contributed by atoms with Crippen LogP contribution in [0, 0.1) is 11.3 Å². The molecule has 0 amide bonds. The van der Waals surface area contributed by atoms with Gasteiger partial charge in [0.25, 0.3) is 6.47 Å². The molecule has 8 nitrogen and oxygen atoms in total. The fraction of sp³-hybridized carbons (Fsp3) is 0.571. The van der Waals surface area contributed by atoms with Crippen LogP contribution in [0.15, 0.2) is 0 Å². The van der Waals surface area contributed by atoms with Crippen molar-refractivity contribution in [1.29, 1.82) is 0 Å². The lowest BCUT2D eigenvalue weighted by molar-refractivity contribution is -0.156. The Hall–Kier alpha value is -2.61. The third-order valence-corrected chi connectivity index (χ3v) is 6.87. The van der Waals surface area contributed by atoms with Crippen LogP contribution in [0.3, 0.4) is 0 Å². The second kappa shape index (κ2) is 6.73. The molecule has 2 aliphatic rings. The number of carbonyl (C=O) groups is 3. The van der Waals surface area contributed by atoms with Crippen molar-refractivity contribution in [2.75, 3.05) is 6.61 Å². The van der Waals surface area contributed by atoms with E-state index in [1.807, 2.05) is 0 Å². The molecule has 2 aliphatic carbocycles. The van der Waals surface area contributed by atoms with Gasteiger partial charge in [0.15, 0.2) is 11.5 Å². The number of ether oxygens (including phenoxy) is 1. The van der Waals surface area contributed by atoms with Crippen molar-refractivity contribution in [3.8, 4) is 17.2 Å². The highest BCUT2D eigenvalue weighted by Crippen LogP contribution is 2.61. The smallest absolute Gasteiger partial charge is 0.293 e. The Balaban J connectivity index is 2.34. The van der Waals surface area contributed by atoms with Gasteiger partial charge in [0.1, 0.15) is 11.9 Å². The van der Waals surface area contributed by atoms with E-state index in [2.05, 4.69) is 0 Å².